The van der Waals surface area contributed by atoms with Crippen LogP contribution < -0.4 is 5.32 Å². The molecule has 0 fully saturated rings. The summed E-state index contributed by atoms with van der Waals surface area (Å²) in [6.07, 6.45) is 8.71. The van der Waals surface area contributed by atoms with Crippen molar-refractivity contribution in [3.63, 3.8) is 0 Å². The van der Waals surface area contributed by atoms with Crippen molar-refractivity contribution in [3.05, 3.63) is 34.9 Å². The molecule has 1 aliphatic carbocycles. The highest BCUT2D eigenvalue weighted by Crippen LogP contribution is 2.31. The Morgan fingerprint density at radius 1 is 1.56 bits per heavy atom. The van der Waals surface area contributed by atoms with E-state index in [0.29, 0.717) is 13.0 Å². The van der Waals surface area contributed by atoms with Crippen molar-refractivity contribution < 1.29 is 8.98 Å². The second kappa shape index (κ2) is 5.92. The Morgan fingerprint density at radius 3 is 2.94 bits per heavy atom. The largest absolute Gasteiger partial charge is 0.328 e. The highest BCUT2D eigenvalue weighted by Gasteiger charge is 2.17. The van der Waals surface area contributed by atoms with E-state index in [0.717, 1.165) is 10.6 Å². The molecular weight excluding hydrogens is 222 g/mol. The van der Waals surface area contributed by atoms with E-state index in [4.69, 9.17) is 4.18 Å². The van der Waals surface area contributed by atoms with Crippen molar-refractivity contribution in [1.82, 2.24) is 5.32 Å². The summed E-state index contributed by atoms with van der Waals surface area (Å²) in [5.74, 6) is 0. The maximum absolute atomic E-state index is 10.6. The molecule has 0 saturated heterocycles. The third kappa shape index (κ3) is 3.87. The van der Waals surface area contributed by atoms with Gasteiger partial charge in [-0.25, -0.2) is 0 Å². The molecule has 0 aromatic carbocycles. The molecule has 0 bridgehead atoms. The van der Waals surface area contributed by atoms with Crippen LogP contribution >= 0.6 is 12.0 Å². The minimum Gasteiger partial charge on any atom is -0.328 e. The Morgan fingerprint density at radius 2 is 2.31 bits per heavy atom. The van der Waals surface area contributed by atoms with Gasteiger partial charge in [0, 0.05) is 17.5 Å². The van der Waals surface area contributed by atoms with Gasteiger partial charge in [-0.05, 0) is 13.0 Å². The van der Waals surface area contributed by atoms with Gasteiger partial charge in [0.1, 0.15) is 0 Å². The van der Waals surface area contributed by atoms with E-state index in [1.165, 1.54) is 12.0 Å². The first kappa shape index (κ1) is 13.1. The Hall–Kier alpha value is -1.00. The summed E-state index contributed by atoms with van der Waals surface area (Å²) in [5.41, 5.74) is 0.722. The maximum Gasteiger partial charge on any atom is 0.211 e. The summed E-state index contributed by atoms with van der Waals surface area (Å²) >= 11 is 1.28. The van der Waals surface area contributed by atoms with Gasteiger partial charge < -0.3 is 9.50 Å². The van der Waals surface area contributed by atoms with E-state index in [1.54, 1.807) is 0 Å². The Bertz CT molecular complexity index is 343. The van der Waals surface area contributed by atoms with Gasteiger partial charge in [0.25, 0.3) is 0 Å². The summed E-state index contributed by atoms with van der Waals surface area (Å²) in [4.78, 5) is 11.5. The first-order valence-corrected chi connectivity index (χ1v) is 5.95. The topological polar surface area (TPSA) is 38.3 Å². The molecule has 16 heavy (non-hydrogen) atoms. The van der Waals surface area contributed by atoms with Gasteiger partial charge in [-0.2, -0.15) is 0 Å². The Balaban J connectivity index is 2.91. The van der Waals surface area contributed by atoms with E-state index in [9.17, 15) is 4.79 Å². The van der Waals surface area contributed by atoms with Crippen LogP contribution in [-0.2, 0) is 8.98 Å². The van der Waals surface area contributed by atoms with E-state index >= 15 is 0 Å². The van der Waals surface area contributed by atoms with Crippen LogP contribution in [0.3, 0.4) is 0 Å². The van der Waals surface area contributed by atoms with Crippen molar-refractivity contribution >= 4 is 18.5 Å². The monoisotopic (exact) mass is 239 g/mol. The van der Waals surface area contributed by atoms with Gasteiger partial charge in [0.15, 0.2) is 0 Å². The lowest BCUT2D eigenvalue weighted by molar-refractivity contribution is -0.108. The van der Waals surface area contributed by atoms with E-state index in [1.807, 2.05) is 25.2 Å². The maximum atomic E-state index is 10.6. The highest BCUT2D eigenvalue weighted by atomic mass is 32.2. The number of carbonyl (C=O) groups excluding carboxylic acids is 1. The predicted octanol–water partition coefficient (Wildman–Crippen LogP) is 2.78. The second-order valence-corrected chi connectivity index (χ2v) is 4.86. The molecule has 0 aromatic rings. The summed E-state index contributed by atoms with van der Waals surface area (Å²) in [6, 6.07) is 0. The van der Waals surface area contributed by atoms with E-state index in [2.05, 4.69) is 25.2 Å². The number of allylic oxidation sites excluding steroid dienone is 4. The molecule has 0 aromatic heterocycles. The zero-order chi connectivity index (χ0) is 12.0. The van der Waals surface area contributed by atoms with Gasteiger partial charge in [0.05, 0.1) is 17.2 Å². The molecule has 0 saturated carbocycles. The third-order valence-electron chi connectivity index (χ3n) is 2.04. The molecule has 0 atom stereocenters. The molecule has 88 valence electrons. The SMILES string of the molecule is CCOSC1=CC=CC(C)(C)C=C1NC=O. The Labute approximate surface area is 101 Å². The van der Waals surface area contributed by atoms with Crippen LogP contribution in [-0.4, -0.2) is 13.0 Å². The van der Waals surface area contributed by atoms with Crippen LogP contribution in [0.2, 0.25) is 0 Å². The fraction of sp³-hybridized carbons (Fsp3) is 0.417. The van der Waals surface area contributed by atoms with Gasteiger partial charge in [-0.15, -0.1) is 0 Å². The van der Waals surface area contributed by atoms with Crippen molar-refractivity contribution in [3.8, 4) is 0 Å². The number of carbonyl (C=O) groups is 1. The molecule has 4 heteroatoms. The number of hydrogen-bond acceptors (Lipinski definition) is 3. The fourth-order valence-corrected chi connectivity index (χ4v) is 1.92. The van der Waals surface area contributed by atoms with Gasteiger partial charge in [0.2, 0.25) is 6.41 Å². The first-order chi connectivity index (χ1) is 7.59. The van der Waals surface area contributed by atoms with Gasteiger partial charge in [-0.1, -0.05) is 32.1 Å². The molecule has 0 aliphatic heterocycles. The lowest BCUT2D eigenvalue weighted by atomic mass is 9.92. The molecule has 1 rings (SSSR count). The molecule has 1 amide bonds. The molecule has 0 spiro atoms. The summed E-state index contributed by atoms with van der Waals surface area (Å²) in [5, 5.41) is 2.71. The van der Waals surface area contributed by atoms with Crippen molar-refractivity contribution in [2.75, 3.05) is 6.61 Å². The normalized spacial score (nSPS) is 18.4. The van der Waals surface area contributed by atoms with Crippen molar-refractivity contribution in [2.24, 2.45) is 5.41 Å². The smallest absolute Gasteiger partial charge is 0.211 e. The van der Waals surface area contributed by atoms with Crippen LogP contribution in [0.1, 0.15) is 20.8 Å². The average Bonchev–Trinajstić information content (AvgIpc) is 2.35. The zero-order valence-electron chi connectivity index (χ0n) is 9.82. The summed E-state index contributed by atoms with van der Waals surface area (Å²) in [6.45, 7) is 6.72. The quantitative estimate of drug-likeness (QED) is 0.592. The van der Waals surface area contributed by atoms with Crippen molar-refractivity contribution in [2.45, 2.75) is 20.8 Å². The van der Waals surface area contributed by atoms with Crippen LogP contribution in [0.4, 0.5) is 0 Å². The van der Waals surface area contributed by atoms with E-state index < -0.39 is 0 Å². The molecule has 0 heterocycles. The number of nitrogens with one attached hydrogen (secondary N) is 1. The van der Waals surface area contributed by atoms with Gasteiger partial charge in [-0.3, -0.25) is 4.79 Å². The minimum atomic E-state index is -0.0730. The number of amides is 1. The fourth-order valence-electron chi connectivity index (χ4n) is 1.34. The standard InChI is InChI=1S/C12H17NO2S/c1-4-15-16-11-6-5-7-12(2,3)8-10(11)13-9-14/h5-9H,4H2,1-3H3,(H,13,14). The van der Waals surface area contributed by atoms with E-state index in [-0.39, 0.29) is 5.41 Å². The first-order valence-electron chi connectivity index (χ1n) is 5.21. The van der Waals surface area contributed by atoms with Crippen molar-refractivity contribution in [1.29, 1.82) is 0 Å². The minimum absolute atomic E-state index is 0.0730. The predicted molar refractivity (Wildman–Crippen MR) is 67.5 cm³/mol. The second-order valence-electron chi connectivity index (χ2n) is 4.02. The van der Waals surface area contributed by atoms with Gasteiger partial charge >= 0.3 is 0 Å². The van der Waals surface area contributed by atoms with Crippen LogP contribution in [0.5, 0.6) is 0 Å². The molecule has 0 radical (unpaired) electrons. The molecule has 1 N–H and O–H groups in total. The summed E-state index contributed by atoms with van der Waals surface area (Å²) < 4.78 is 5.29. The molecule has 0 unspecified atom stereocenters. The summed E-state index contributed by atoms with van der Waals surface area (Å²) in [7, 11) is 0. The van der Waals surface area contributed by atoms with Crippen LogP contribution in [0, 0.1) is 5.41 Å². The highest BCUT2D eigenvalue weighted by molar-refractivity contribution is 7.98. The number of rotatable bonds is 5. The van der Waals surface area contributed by atoms with Crippen LogP contribution in [0.15, 0.2) is 34.9 Å². The van der Waals surface area contributed by atoms with Crippen LogP contribution in [0.25, 0.3) is 0 Å². The zero-order valence-corrected chi connectivity index (χ0v) is 10.6. The molecular formula is C12H17NO2S. The molecule has 1 aliphatic rings. The Kier molecular flexibility index (Phi) is 4.83. The average molecular weight is 239 g/mol. The lowest BCUT2D eigenvalue weighted by Gasteiger charge is -2.16. The number of hydrogen-bond donors (Lipinski definition) is 1. The molecule has 3 nitrogen and oxygen atoms in total. The lowest BCUT2D eigenvalue weighted by Crippen LogP contribution is -2.14. The third-order valence-corrected chi connectivity index (χ3v) is 2.93.